The lowest BCUT2D eigenvalue weighted by Crippen LogP contribution is -2.12. The van der Waals surface area contributed by atoms with Gasteiger partial charge in [-0.25, -0.2) is 4.39 Å². The van der Waals surface area contributed by atoms with Crippen molar-refractivity contribution < 1.29 is 9.13 Å². The van der Waals surface area contributed by atoms with Crippen LogP contribution in [0.5, 0.6) is 5.75 Å². The predicted octanol–water partition coefficient (Wildman–Crippen LogP) is 3.66. The smallest absolute Gasteiger partial charge is 0.128 e. The lowest BCUT2D eigenvalue weighted by Gasteiger charge is -2.13. The zero-order valence-electron chi connectivity index (χ0n) is 8.67. The molecule has 1 aliphatic rings. The molecule has 1 aromatic rings. The molecule has 2 rings (SSSR count). The van der Waals surface area contributed by atoms with Gasteiger partial charge in [0.1, 0.15) is 11.6 Å². The molecule has 0 radical (unpaired) electrons. The second-order valence-corrected chi connectivity index (χ2v) is 5.14. The van der Waals surface area contributed by atoms with E-state index in [1.54, 1.807) is 6.07 Å². The van der Waals surface area contributed by atoms with E-state index in [2.05, 4.69) is 22.0 Å². The Morgan fingerprint density at radius 2 is 2.19 bits per heavy atom. The van der Waals surface area contributed by atoms with E-state index in [9.17, 15) is 4.39 Å². The molecular formula is C12H11BrFNO. The third-order valence-corrected chi connectivity index (χ3v) is 3.25. The molecule has 0 aromatic heterocycles. The van der Waals surface area contributed by atoms with Crippen molar-refractivity contribution in [2.24, 2.45) is 5.41 Å². The maximum Gasteiger partial charge on any atom is 0.128 e. The van der Waals surface area contributed by atoms with Crippen molar-refractivity contribution in [1.29, 1.82) is 5.26 Å². The minimum atomic E-state index is -0.325. The molecule has 2 nitrogen and oxygen atoms in total. The molecule has 1 aliphatic carbocycles. The highest BCUT2D eigenvalue weighted by molar-refractivity contribution is 9.10. The molecule has 0 unspecified atom stereocenters. The molecule has 0 amide bonds. The fraction of sp³-hybridized carbons (Fsp3) is 0.417. The zero-order chi connectivity index (χ0) is 11.6. The molecule has 1 fully saturated rings. The fourth-order valence-corrected chi connectivity index (χ4v) is 2.01. The van der Waals surface area contributed by atoms with Crippen molar-refractivity contribution in [2.75, 3.05) is 6.61 Å². The van der Waals surface area contributed by atoms with E-state index in [0.29, 0.717) is 23.2 Å². The summed E-state index contributed by atoms with van der Waals surface area (Å²) in [5.41, 5.74) is 0.0214. The Bertz CT molecular complexity index is 417. The van der Waals surface area contributed by atoms with Crippen LogP contribution in [0.2, 0.25) is 0 Å². The zero-order valence-corrected chi connectivity index (χ0v) is 10.3. The topological polar surface area (TPSA) is 33.0 Å². The Labute approximate surface area is 102 Å². The summed E-state index contributed by atoms with van der Waals surface area (Å²) in [4.78, 5) is 0. The minimum Gasteiger partial charge on any atom is -0.493 e. The van der Waals surface area contributed by atoms with Crippen molar-refractivity contribution in [3.63, 3.8) is 0 Å². The Morgan fingerprint density at radius 3 is 2.75 bits per heavy atom. The van der Waals surface area contributed by atoms with Crippen molar-refractivity contribution in [1.82, 2.24) is 0 Å². The van der Waals surface area contributed by atoms with Gasteiger partial charge in [-0.2, -0.15) is 5.26 Å². The van der Waals surface area contributed by atoms with Crippen LogP contribution >= 0.6 is 15.9 Å². The summed E-state index contributed by atoms with van der Waals surface area (Å²) in [6.45, 7) is 0.496. The van der Waals surface area contributed by atoms with Crippen LogP contribution in [0, 0.1) is 22.6 Å². The van der Waals surface area contributed by atoms with Gasteiger partial charge in [0.2, 0.25) is 0 Å². The molecule has 0 atom stereocenters. The molecule has 0 spiro atoms. The van der Waals surface area contributed by atoms with Crippen LogP contribution in [0.1, 0.15) is 19.3 Å². The number of benzene rings is 1. The van der Waals surface area contributed by atoms with Gasteiger partial charge in [0, 0.05) is 22.4 Å². The standard InChI is InChI=1S/C12H11BrFNO/c13-9-5-10(14)7-11(6-9)16-8-12(1-2-12)3-4-15/h5-7H,1-3,8H2. The molecule has 0 aliphatic heterocycles. The van der Waals surface area contributed by atoms with Gasteiger partial charge < -0.3 is 4.74 Å². The van der Waals surface area contributed by atoms with Gasteiger partial charge in [-0.1, -0.05) is 15.9 Å². The van der Waals surface area contributed by atoms with Crippen LogP contribution in [0.15, 0.2) is 22.7 Å². The van der Waals surface area contributed by atoms with E-state index in [-0.39, 0.29) is 11.2 Å². The number of hydrogen-bond donors (Lipinski definition) is 0. The minimum absolute atomic E-state index is 0.0214. The van der Waals surface area contributed by atoms with Crippen LogP contribution < -0.4 is 4.74 Å². The van der Waals surface area contributed by atoms with E-state index in [1.165, 1.54) is 12.1 Å². The Kier molecular flexibility index (Phi) is 3.15. The monoisotopic (exact) mass is 283 g/mol. The fourth-order valence-electron chi connectivity index (χ4n) is 1.56. The summed E-state index contributed by atoms with van der Waals surface area (Å²) in [5, 5.41) is 8.65. The molecule has 84 valence electrons. The summed E-state index contributed by atoms with van der Waals surface area (Å²) in [5.74, 6) is 0.186. The molecule has 4 heteroatoms. The van der Waals surface area contributed by atoms with Crippen molar-refractivity contribution in [2.45, 2.75) is 19.3 Å². The average molecular weight is 284 g/mol. The maximum atomic E-state index is 13.0. The van der Waals surface area contributed by atoms with Crippen LogP contribution in [0.4, 0.5) is 4.39 Å². The summed E-state index contributed by atoms with van der Waals surface area (Å²) in [6.07, 6.45) is 2.57. The van der Waals surface area contributed by atoms with Crippen molar-refractivity contribution in [3.8, 4) is 11.8 Å². The quantitative estimate of drug-likeness (QED) is 0.845. The van der Waals surface area contributed by atoms with E-state index in [4.69, 9.17) is 10.00 Å². The highest BCUT2D eigenvalue weighted by Gasteiger charge is 2.43. The molecule has 1 aromatic carbocycles. The predicted molar refractivity (Wildman–Crippen MR) is 61.5 cm³/mol. The SMILES string of the molecule is N#CCC1(COc2cc(F)cc(Br)c2)CC1. The molecule has 0 saturated heterocycles. The van der Waals surface area contributed by atoms with E-state index < -0.39 is 0 Å². The lowest BCUT2D eigenvalue weighted by molar-refractivity contribution is 0.236. The second kappa shape index (κ2) is 4.42. The number of nitrogens with zero attached hydrogens (tertiary/aromatic N) is 1. The van der Waals surface area contributed by atoms with Gasteiger partial charge in [0.25, 0.3) is 0 Å². The van der Waals surface area contributed by atoms with E-state index >= 15 is 0 Å². The van der Waals surface area contributed by atoms with Gasteiger partial charge in [-0.3, -0.25) is 0 Å². The first kappa shape index (κ1) is 11.4. The number of hydrogen-bond acceptors (Lipinski definition) is 2. The third-order valence-electron chi connectivity index (χ3n) is 2.79. The lowest BCUT2D eigenvalue weighted by atomic mass is 10.1. The van der Waals surface area contributed by atoms with Gasteiger partial charge in [-0.15, -0.1) is 0 Å². The molecule has 0 bridgehead atoms. The average Bonchev–Trinajstić information content (AvgIpc) is 2.95. The van der Waals surface area contributed by atoms with Crippen molar-refractivity contribution >= 4 is 15.9 Å². The van der Waals surface area contributed by atoms with Gasteiger partial charge in [0.05, 0.1) is 12.7 Å². The Hall–Kier alpha value is -1.08. The normalized spacial score (nSPS) is 16.6. The summed E-state index contributed by atoms with van der Waals surface area (Å²) in [6, 6.07) is 6.63. The number of ether oxygens (including phenoxy) is 1. The van der Waals surface area contributed by atoms with E-state index in [1.807, 2.05) is 0 Å². The Morgan fingerprint density at radius 1 is 1.44 bits per heavy atom. The number of rotatable bonds is 4. The van der Waals surface area contributed by atoms with Gasteiger partial charge >= 0.3 is 0 Å². The largest absolute Gasteiger partial charge is 0.493 e. The maximum absolute atomic E-state index is 13.0. The van der Waals surface area contributed by atoms with Crippen LogP contribution in [0.25, 0.3) is 0 Å². The Balaban J connectivity index is 1.97. The highest BCUT2D eigenvalue weighted by atomic mass is 79.9. The molecular weight excluding hydrogens is 273 g/mol. The first-order valence-electron chi connectivity index (χ1n) is 5.09. The first-order valence-corrected chi connectivity index (χ1v) is 5.89. The molecule has 0 N–H and O–H groups in total. The molecule has 1 saturated carbocycles. The second-order valence-electron chi connectivity index (χ2n) is 4.23. The number of nitriles is 1. The number of halogens is 2. The van der Waals surface area contributed by atoms with Crippen molar-refractivity contribution in [3.05, 3.63) is 28.5 Å². The molecule has 0 heterocycles. The van der Waals surface area contributed by atoms with Crippen LogP contribution in [0.3, 0.4) is 0 Å². The summed E-state index contributed by atoms with van der Waals surface area (Å²) in [7, 11) is 0. The van der Waals surface area contributed by atoms with Gasteiger partial charge in [-0.05, 0) is 25.0 Å². The first-order chi connectivity index (χ1) is 7.63. The molecule has 16 heavy (non-hydrogen) atoms. The van der Waals surface area contributed by atoms with E-state index in [0.717, 1.165) is 12.8 Å². The van der Waals surface area contributed by atoms with Crippen LogP contribution in [-0.2, 0) is 0 Å². The summed E-state index contributed by atoms with van der Waals surface area (Å²) >= 11 is 3.21. The third kappa shape index (κ3) is 2.73. The summed E-state index contributed by atoms with van der Waals surface area (Å²) < 4.78 is 19.2. The van der Waals surface area contributed by atoms with Crippen LogP contribution in [-0.4, -0.2) is 6.61 Å². The van der Waals surface area contributed by atoms with Gasteiger partial charge in [0.15, 0.2) is 0 Å². The highest BCUT2D eigenvalue weighted by Crippen LogP contribution is 2.48.